The summed E-state index contributed by atoms with van der Waals surface area (Å²) in [6, 6.07) is 3.84. The van der Waals surface area contributed by atoms with Crippen LogP contribution in [0, 0.1) is 0 Å². The lowest BCUT2D eigenvalue weighted by molar-refractivity contribution is -0.138. The molecule has 1 saturated carbocycles. The topological polar surface area (TPSA) is 89.2 Å². The van der Waals surface area contributed by atoms with Gasteiger partial charge in [-0.2, -0.15) is 18.2 Å². The molecule has 0 unspecified atom stereocenters. The number of guanidine groups is 2. The summed E-state index contributed by atoms with van der Waals surface area (Å²) in [6.45, 7) is 0. The summed E-state index contributed by atoms with van der Waals surface area (Å²) < 4.78 is 45.0. The monoisotopic (exact) mass is 355 g/mol. The second-order valence-electron chi connectivity index (χ2n) is 6.20. The van der Waals surface area contributed by atoms with E-state index in [0.717, 1.165) is 25.3 Å². The molecule has 1 aliphatic carbocycles. The maximum absolute atomic E-state index is 13.4. The Morgan fingerprint density at radius 2 is 1.84 bits per heavy atom. The number of halogens is 3. The highest BCUT2D eigenvalue weighted by molar-refractivity contribution is 6.05. The summed E-state index contributed by atoms with van der Waals surface area (Å²) in [5.41, 5.74) is 10.4. The standard InChI is InChI=1S/C16H20F3N5O/c1-25-12-6-5-10(9-11(12)16(17,18)19)24-14(21)22-13(20)23-15(24)7-3-2-4-8-15/h5-6,9H,2-4,7-8H2,1H3,(H4,20,21,22,23). The number of alkyl halides is 3. The van der Waals surface area contributed by atoms with Gasteiger partial charge in [0.15, 0.2) is 0 Å². The molecule has 3 rings (SSSR count). The second-order valence-corrected chi connectivity index (χ2v) is 6.20. The molecule has 1 spiro atoms. The molecule has 1 heterocycles. The van der Waals surface area contributed by atoms with Crippen molar-refractivity contribution in [2.24, 2.45) is 21.5 Å². The quantitative estimate of drug-likeness (QED) is 0.854. The van der Waals surface area contributed by atoms with Crippen LogP contribution in [0.15, 0.2) is 28.2 Å². The van der Waals surface area contributed by atoms with Crippen LogP contribution in [0.5, 0.6) is 5.75 Å². The summed E-state index contributed by atoms with van der Waals surface area (Å²) in [4.78, 5) is 9.98. The van der Waals surface area contributed by atoms with Crippen LogP contribution >= 0.6 is 0 Å². The Kier molecular flexibility index (Phi) is 4.26. The minimum atomic E-state index is -4.55. The maximum Gasteiger partial charge on any atom is 0.420 e. The average Bonchev–Trinajstić information content (AvgIpc) is 2.53. The zero-order valence-electron chi connectivity index (χ0n) is 13.8. The summed E-state index contributed by atoms with van der Waals surface area (Å²) in [7, 11) is 1.20. The normalized spacial score (nSPS) is 20.2. The largest absolute Gasteiger partial charge is 0.496 e. The van der Waals surface area contributed by atoms with Crippen molar-refractivity contribution in [2.45, 2.75) is 43.9 Å². The van der Waals surface area contributed by atoms with Gasteiger partial charge in [0, 0.05) is 5.69 Å². The highest BCUT2D eigenvalue weighted by Crippen LogP contribution is 2.43. The SMILES string of the molecule is COc1ccc(N2C(N)=NC(N)=NC23CCCCC3)cc1C(F)(F)F. The zero-order valence-corrected chi connectivity index (χ0v) is 13.8. The average molecular weight is 355 g/mol. The van der Waals surface area contributed by atoms with Gasteiger partial charge in [-0.1, -0.05) is 6.42 Å². The molecule has 0 amide bonds. The molecule has 0 saturated heterocycles. The van der Waals surface area contributed by atoms with Crippen molar-refractivity contribution < 1.29 is 17.9 Å². The number of ether oxygens (including phenoxy) is 1. The van der Waals surface area contributed by atoms with Crippen LogP contribution in [-0.2, 0) is 6.18 Å². The molecule has 1 aliphatic heterocycles. The second kappa shape index (κ2) is 6.12. The highest BCUT2D eigenvalue weighted by atomic mass is 19.4. The Hall–Kier alpha value is -2.45. The molecule has 25 heavy (non-hydrogen) atoms. The molecule has 1 aromatic carbocycles. The van der Waals surface area contributed by atoms with Gasteiger partial charge in [0.1, 0.15) is 11.4 Å². The van der Waals surface area contributed by atoms with E-state index in [1.165, 1.54) is 19.2 Å². The van der Waals surface area contributed by atoms with E-state index in [0.29, 0.717) is 12.8 Å². The van der Waals surface area contributed by atoms with Crippen LogP contribution < -0.4 is 21.1 Å². The van der Waals surface area contributed by atoms with E-state index >= 15 is 0 Å². The molecule has 9 heteroatoms. The molecular weight excluding hydrogens is 335 g/mol. The Bertz CT molecular complexity index is 723. The third-order valence-electron chi connectivity index (χ3n) is 4.60. The number of anilines is 1. The number of hydrogen-bond acceptors (Lipinski definition) is 6. The molecule has 1 fully saturated rings. The van der Waals surface area contributed by atoms with Crippen LogP contribution in [0.2, 0.25) is 0 Å². The van der Waals surface area contributed by atoms with Crippen molar-refractivity contribution in [3.63, 3.8) is 0 Å². The first kappa shape index (κ1) is 17.4. The van der Waals surface area contributed by atoms with Gasteiger partial charge in [0.05, 0.1) is 12.7 Å². The van der Waals surface area contributed by atoms with E-state index in [9.17, 15) is 13.2 Å². The number of hydrogen-bond donors (Lipinski definition) is 2. The first-order valence-corrected chi connectivity index (χ1v) is 8.02. The van der Waals surface area contributed by atoms with Crippen LogP contribution in [0.3, 0.4) is 0 Å². The highest BCUT2D eigenvalue weighted by Gasteiger charge is 2.43. The summed E-state index contributed by atoms with van der Waals surface area (Å²) in [5.74, 6) is -0.141. The van der Waals surface area contributed by atoms with E-state index < -0.39 is 17.4 Å². The summed E-state index contributed by atoms with van der Waals surface area (Å²) >= 11 is 0. The van der Waals surface area contributed by atoms with E-state index in [1.54, 1.807) is 4.90 Å². The molecule has 0 aromatic heterocycles. The molecule has 136 valence electrons. The number of benzene rings is 1. The van der Waals surface area contributed by atoms with E-state index in [-0.39, 0.29) is 23.4 Å². The van der Waals surface area contributed by atoms with Gasteiger partial charge in [-0.3, -0.25) is 4.90 Å². The number of methoxy groups -OCH3 is 1. The van der Waals surface area contributed by atoms with E-state index in [1.807, 2.05) is 0 Å². The first-order valence-electron chi connectivity index (χ1n) is 8.02. The van der Waals surface area contributed by atoms with Crippen LogP contribution in [0.25, 0.3) is 0 Å². The smallest absolute Gasteiger partial charge is 0.420 e. The van der Waals surface area contributed by atoms with Gasteiger partial charge in [0.2, 0.25) is 11.9 Å². The Morgan fingerprint density at radius 1 is 1.16 bits per heavy atom. The number of rotatable bonds is 2. The number of nitrogens with two attached hydrogens (primary N) is 2. The number of nitrogens with zero attached hydrogens (tertiary/aromatic N) is 3. The van der Waals surface area contributed by atoms with Crippen LogP contribution in [0.1, 0.15) is 37.7 Å². The van der Waals surface area contributed by atoms with E-state index in [2.05, 4.69) is 9.98 Å². The molecular formula is C16H20F3N5O. The lowest BCUT2D eigenvalue weighted by Gasteiger charge is -2.45. The van der Waals surface area contributed by atoms with Gasteiger partial charge in [-0.25, -0.2) is 4.99 Å². The van der Waals surface area contributed by atoms with Crippen molar-refractivity contribution in [1.29, 1.82) is 0 Å². The first-order chi connectivity index (χ1) is 11.8. The van der Waals surface area contributed by atoms with Gasteiger partial charge >= 0.3 is 6.18 Å². The van der Waals surface area contributed by atoms with Crippen molar-refractivity contribution in [2.75, 3.05) is 12.0 Å². The van der Waals surface area contributed by atoms with Gasteiger partial charge < -0.3 is 16.2 Å². The molecule has 4 N–H and O–H groups in total. The maximum atomic E-state index is 13.4. The third-order valence-corrected chi connectivity index (χ3v) is 4.60. The van der Waals surface area contributed by atoms with Crippen molar-refractivity contribution in [3.05, 3.63) is 23.8 Å². The Morgan fingerprint density at radius 3 is 2.44 bits per heavy atom. The predicted octanol–water partition coefficient (Wildman–Crippen LogP) is 2.82. The minimum absolute atomic E-state index is 0.0488. The predicted molar refractivity (Wildman–Crippen MR) is 89.5 cm³/mol. The Labute approximate surface area is 143 Å². The van der Waals surface area contributed by atoms with Gasteiger partial charge in [-0.05, 0) is 43.9 Å². The van der Waals surface area contributed by atoms with Crippen molar-refractivity contribution in [1.82, 2.24) is 0 Å². The molecule has 0 radical (unpaired) electrons. The van der Waals surface area contributed by atoms with Crippen molar-refractivity contribution >= 4 is 17.6 Å². The fourth-order valence-corrected chi connectivity index (χ4v) is 3.55. The van der Waals surface area contributed by atoms with Crippen LogP contribution in [-0.4, -0.2) is 24.7 Å². The Balaban J connectivity index is 2.11. The summed E-state index contributed by atoms with van der Waals surface area (Å²) in [6.07, 6.45) is -0.427. The lowest BCUT2D eigenvalue weighted by Crippen LogP contribution is -2.58. The molecule has 2 aliphatic rings. The fraction of sp³-hybridized carbons (Fsp3) is 0.500. The number of aliphatic imine (C=N–C) groups is 2. The molecule has 0 atom stereocenters. The summed E-state index contributed by atoms with van der Waals surface area (Å²) in [5, 5.41) is 0. The third kappa shape index (κ3) is 3.10. The zero-order chi connectivity index (χ0) is 18.2. The minimum Gasteiger partial charge on any atom is -0.496 e. The lowest BCUT2D eigenvalue weighted by atomic mass is 9.87. The molecule has 6 nitrogen and oxygen atoms in total. The fourth-order valence-electron chi connectivity index (χ4n) is 3.55. The van der Waals surface area contributed by atoms with Crippen LogP contribution in [0.4, 0.5) is 18.9 Å². The molecule has 0 bridgehead atoms. The van der Waals surface area contributed by atoms with E-state index in [4.69, 9.17) is 16.2 Å². The molecule has 1 aromatic rings. The van der Waals surface area contributed by atoms with Gasteiger partial charge in [0.25, 0.3) is 0 Å². The van der Waals surface area contributed by atoms with Crippen molar-refractivity contribution in [3.8, 4) is 5.75 Å². The van der Waals surface area contributed by atoms with Gasteiger partial charge in [-0.15, -0.1) is 0 Å².